The largest absolute Gasteiger partial charge is 0.340 e. The molecule has 0 unspecified atom stereocenters. The maximum Gasteiger partial charge on any atom is 0.340 e. The van der Waals surface area contributed by atoms with Crippen LogP contribution in [0.25, 0.3) is 0 Å². The molecule has 2 aromatic carbocycles. The number of amides is 1. The van der Waals surface area contributed by atoms with E-state index in [0.717, 1.165) is 11.1 Å². The summed E-state index contributed by atoms with van der Waals surface area (Å²) in [6.07, 6.45) is 0. The van der Waals surface area contributed by atoms with Crippen LogP contribution in [-0.2, 0) is 0 Å². The van der Waals surface area contributed by atoms with E-state index >= 15 is 0 Å². The number of aliphatic imine (C=N–C) groups is 1. The molecule has 17 heavy (non-hydrogen) atoms. The van der Waals surface area contributed by atoms with Gasteiger partial charge in [0, 0.05) is 11.1 Å². The molecule has 0 atom stereocenters. The Labute approximate surface area is 105 Å². The van der Waals surface area contributed by atoms with Gasteiger partial charge in [-0.1, -0.05) is 60.7 Å². The second-order valence-electron chi connectivity index (χ2n) is 3.45. The maximum atomic E-state index is 11.0. The smallest absolute Gasteiger partial charge is 0.253 e. The second-order valence-corrected chi connectivity index (χ2v) is 3.77. The van der Waals surface area contributed by atoms with Gasteiger partial charge in [-0.3, -0.25) is 4.79 Å². The summed E-state index contributed by atoms with van der Waals surface area (Å²) in [7, 11) is 0. The topological polar surface area (TPSA) is 29.4 Å². The number of halogens is 1. The van der Waals surface area contributed by atoms with Gasteiger partial charge in [0.25, 0.3) is 0 Å². The van der Waals surface area contributed by atoms with Crippen LogP contribution in [0.3, 0.4) is 0 Å². The molecule has 1 amide bonds. The summed E-state index contributed by atoms with van der Waals surface area (Å²) in [5.41, 5.74) is 2.33. The fourth-order valence-corrected chi connectivity index (χ4v) is 1.66. The molecule has 0 aliphatic rings. The molecule has 0 aliphatic carbocycles. The van der Waals surface area contributed by atoms with Crippen LogP contribution in [-0.4, -0.2) is 11.1 Å². The van der Waals surface area contributed by atoms with Crippen molar-refractivity contribution >= 4 is 22.7 Å². The van der Waals surface area contributed by atoms with E-state index in [0.29, 0.717) is 5.71 Å². The molecule has 0 heterocycles. The average Bonchev–Trinajstić information content (AvgIpc) is 2.38. The predicted octanol–water partition coefficient (Wildman–Crippen LogP) is 3.88. The quantitative estimate of drug-likeness (QED) is 0.447. The molecule has 2 nitrogen and oxygen atoms in total. The normalized spacial score (nSPS) is 9.71. The Morgan fingerprint density at radius 3 is 1.59 bits per heavy atom. The predicted molar refractivity (Wildman–Crippen MR) is 69.8 cm³/mol. The van der Waals surface area contributed by atoms with E-state index in [9.17, 15) is 4.79 Å². The molecule has 0 fully saturated rings. The van der Waals surface area contributed by atoms with E-state index in [-0.39, 0.29) is 0 Å². The molecular weight excluding hydrogens is 234 g/mol. The number of nitrogens with zero attached hydrogens (tertiary/aromatic N) is 1. The summed E-state index contributed by atoms with van der Waals surface area (Å²) in [6.45, 7) is 0. The van der Waals surface area contributed by atoms with E-state index in [4.69, 9.17) is 11.6 Å². The van der Waals surface area contributed by atoms with Crippen molar-refractivity contribution in [2.24, 2.45) is 4.99 Å². The molecule has 2 aromatic rings. The lowest BCUT2D eigenvalue weighted by Crippen LogP contribution is -2.04. The summed E-state index contributed by atoms with van der Waals surface area (Å²) >= 11 is 5.35. The van der Waals surface area contributed by atoms with Crippen molar-refractivity contribution in [3.63, 3.8) is 0 Å². The first kappa shape index (κ1) is 11.6. The third kappa shape index (κ3) is 3.02. The first-order valence-corrected chi connectivity index (χ1v) is 5.54. The summed E-state index contributed by atoms with van der Waals surface area (Å²) in [5.74, 6) is 0. The van der Waals surface area contributed by atoms with Crippen molar-refractivity contribution in [1.29, 1.82) is 0 Å². The van der Waals surface area contributed by atoms with Gasteiger partial charge in [-0.2, -0.15) is 4.99 Å². The Kier molecular flexibility index (Phi) is 3.68. The lowest BCUT2D eigenvalue weighted by molar-refractivity contribution is 0.266. The molecule has 0 saturated heterocycles. The number of rotatable bonds is 2. The Morgan fingerprint density at radius 2 is 1.24 bits per heavy atom. The molecule has 0 aliphatic heterocycles. The SMILES string of the molecule is O=C(Cl)N=C(c1ccccc1)c1ccccc1. The van der Waals surface area contributed by atoms with Crippen LogP contribution in [0.4, 0.5) is 4.79 Å². The van der Waals surface area contributed by atoms with Crippen molar-refractivity contribution in [3.05, 3.63) is 71.8 Å². The minimum Gasteiger partial charge on any atom is -0.253 e. The summed E-state index contributed by atoms with van der Waals surface area (Å²) in [5, 5.41) is -0.715. The first-order chi connectivity index (χ1) is 8.27. The van der Waals surface area contributed by atoms with E-state index in [2.05, 4.69) is 4.99 Å². The summed E-state index contributed by atoms with van der Waals surface area (Å²) in [6, 6.07) is 19.0. The van der Waals surface area contributed by atoms with E-state index in [1.54, 1.807) is 0 Å². The van der Waals surface area contributed by atoms with Crippen molar-refractivity contribution in [2.45, 2.75) is 0 Å². The number of hydrogen-bond acceptors (Lipinski definition) is 1. The van der Waals surface area contributed by atoms with Gasteiger partial charge < -0.3 is 0 Å². The van der Waals surface area contributed by atoms with Gasteiger partial charge in [-0.05, 0) is 11.6 Å². The standard InChI is InChI=1S/C14H10ClNO/c15-14(17)16-13(11-7-3-1-4-8-11)12-9-5-2-6-10-12/h1-10H. The first-order valence-electron chi connectivity index (χ1n) is 5.16. The zero-order valence-corrected chi connectivity index (χ0v) is 9.76. The van der Waals surface area contributed by atoms with Crippen molar-refractivity contribution < 1.29 is 4.79 Å². The van der Waals surface area contributed by atoms with Gasteiger partial charge in [0.1, 0.15) is 0 Å². The number of carbonyl (C=O) groups is 1. The number of hydrogen-bond donors (Lipinski definition) is 0. The molecular formula is C14H10ClNO. The maximum absolute atomic E-state index is 11.0. The van der Waals surface area contributed by atoms with Crippen LogP contribution in [0.1, 0.15) is 11.1 Å². The number of carbonyl (C=O) groups excluding carboxylic acids is 1. The summed E-state index contributed by atoms with van der Waals surface area (Å²) in [4.78, 5) is 14.8. The van der Waals surface area contributed by atoms with Gasteiger partial charge >= 0.3 is 5.37 Å². The van der Waals surface area contributed by atoms with Crippen molar-refractivity contribution in [1.82, 2.24) is 0 Å². The van der Waals surface area contributed by atoms with Crippen LogP contribution >= 0.6 is 11.6 Å². The van der Waals surface area contributed by atoms with Gasteiger partial charge in [-0.15, -0.1) is 0 Å². The van der Waals surface area contributed by atoms with E-state index in [1.807, 2.05) is 60.7 Å². The van der Waals surface area contributed by atoms with E-state index < -0.39 is 5.37 Å². The molecule has 0 radical (unpaired) electrons. The lowest BCUT2D eigenvalue weighted by atomic mass is 10.0. The average molecular weight is 244 g/mol. The van der Waals surface area contributed by atoms with E-state index in [1.165, 1.54) is 0 Å². The molecule has 0 bridgehead atoms. The molecule has 0 spiro atoms. The Balaban J connectivity index is 2.51. The highest BCUT2D eigenvalue weighted by Crippen LogP contribution is 2.11. The highest BCUT2D eigenvalue weighted by Gasteiger charge is 2.07. The fourth-order valence-electron chi connectivity index (χ4n) is 1.58. The Morgan fingerprint density at radius 1 is 0.824 bits per heavy atom. The van der Waals surface area contributed by atoms with Gasteiger partial charge in [0.05, 0.1) is 5.71 Å². The van der Waals surface area contributed by atoms with Crippen LogP contribution in [0.15, 0.2) is 65.7 Å². The molecule has 84 valence electrons. The molecule has 0 aromatic heterocycles. The van der Waals surface area contributed by atoms with Crippen LogP contribution in [0.2, 0.25) is 0 Å². The van der Waals surface area contributed by atoms with Crippen LogP contribution in [0.5, 0.6) is 0 Å². The second kappa shape index (κ2) is 5.41. The Bertz CT molecular complexity index is 493. The lowest BCUT2D eigenvalue weighted by Gasteiger charge is -2.05. The minimum atomic E-state index is -0.715. The molecule has 2 rings (SSSR count). The van der Waals surface area contributed by atoms with Crippen molar-refractivity contribution in [3.8, 4) is 0 Å². The molecule has 0 N–H and O–H groups in total. The molecule has 0 saturated carbocycles. The highest BCUT2D eigenvalue weighted by molar-refractivity contribution is 6.64. The van der Waals surface area contributed by atoms with Gasteiger partial charge in [0.15, 0.2) is 0 Å². The fraction of sp³-hybridized carbons (Fsp3) is 0. The highest BCUT2D eigenvalue weighted by atomic mass is 35.5. The van der Waals surface area contributed by atoms with Gasteiger partial charge in [-0.25, -0.2) is 0 Å². The third-order valence-electron chi connectivity index (χ3n) is 2.29. The Hall–Kier alpha value is -1.93. The zero-order valence-electron chi connectivity index (χ0n) is 9.01. The number of benzene rings is 2. The zero-order chi connectivity index (χ0) is 12.1. The minimum absolute atomic E-state index is 0.589. The third-order valence-corrected chi connectivity index (χ3v) is 2.38. The summed E-state index contributed by atoms with van der Waals surface area (Å²) < 4.78 is 0. The molecule has 3 heteroatoms. The van der Waals surface area contributed by atoms with Gasteiger partial charge in [0.2, 0.25) is 0 Å². The van der Waals surface area contributed by atoms with Crippen molar-refractivity contribution in [2.75, 3.05) is 0 Å². The monoisotopic (exact) mass is 243 g/mol. The van der Waals surface area contributed by atoms with Crippen LogP contribution < -0.4 is 0 Å². The van der Waals surface area contributed by atoms with Crippen LogP contribution in [0, 0.1) is 0 Å².